The van der Waals surface area contributed by atoms with E-state index in [1.54, 1.807) is 6.33 Å². The monoisotopic (exact) mass is 450 g/mol. The van der Waals surface area contributed by atoms with Crippen molar-refractivity contribution in [2.24, 2.45) is 5.92 Å². The summed E-state index contributed by atoms with van der Waals surface area (Å²) in [5, 5.41) is 15.1. The minimum atomic E-state index is -0.639. The molecule has 4 heterocycles. The zero-order valence-electron chi connectivity index (χ0n) is 19.3. The molecule has 1 saturated carbocycles. The molecule has 1 aliphatic carbocycles. The fourth-order valence-electron chi connectivity index (χ4n) is 5.49. The summed E-state index contributed by atoms with van der Waals surface area (Å²) in [6.45, 7) is 11.0. The maximum absolute atomic E-state index is 11.4. The first kappa shape index (κ1) is 21.2. The highest BCUT2D eigenvalue weighted by Gasteiger charge is 2.31. The minimum absolute atomic E-state index is 0.174. The average molecular weight is 451 g/mol. The van der Waals surface area contributed by atoms with Gasteiger partial charge in [-0.15, -0.1) is 11.3 Å². The SMILES string of the molecule is Cc1c(-c2[nH]c3sc(C4CCC(C(=O)O)CC4)c(C)c3c2C(C)C)cn2ncnc2c1C. The number of thiophene rings is 1. The molecule has 7 heteroatoms. The lowest BCUT2D eigenvalue weighted by atomic mass is 9.80. The lowest BCUT2D eigenvalue weighted by Gasteiger charge is -2.26. The van der Waals surface area contributed by atoms with Crippen LogP contribution in [0.15, 0.2) is 12.5 Å². The van der Waals surface area contributed by atoms with Crippen molar-refractivity contribution in [3.05, 3.63) is 39.7 Å². The van der Waals surface area contributed by atoms with Crippen LogP contribution in [-0.4, -0.2) is 30.7 Å². The predicted octanol–water partition coefficient (Wildman–Crippen LogP) is 6.35. The van der Waals surface area contributed by atoms with E-state index in [0.717, 1.165) is 36.9 Å². The molecular weight excluding hydrogens is 420 g/mol. The summed E-state index contributed by atoms with van der Waals surface area (Å²) < 4.78 is 1.87. The number of pyridine rings is 1. The number of carboxylic acid groups (broad SMARTS) is 1. The van der Waals surface area contributed by atoms with Gasteiger partial charge in [0.1, 0.15) is 11.2 Å². The van der Waals surface area contributed by atoms with Crippen molar-refractivity contribution in [3.63, 3.8) is 0 Å². The molecule has 6 nitrogen and oxygen atoms in total. The first-order valence-corrected chi connectivity index (χ1v) is 12.3. The maximum Gasteiger partial charge on any atom is 0.306 e. The summed E-state index contributed by atoms with van der Waals surface area (Å²) in [7, 11) is 0. The second-order valence-electron chi connectivity index (χ2n) is 9.57. The summed E-state index contributed by atoms with van der Waals surface area (Å²) in [4.78, 5) is 22.2. The summed E-state index contributed by atoms with van der Waals surface area (Å²) in [6, 6.07) is 0. The first-order valence-electron chi connectivity index (χ1n) is 11.5. The largest absolute Gasteiger partial charge is 0.481 e. The van der Waals surface area contributed by atoms with Crippen LogP contribution < -0.4 is 0 Å². The van der Waals surface area contributed by atoms with Crippen LogP contribution in [0.25, 0.3) is 27.1 Å². The lowest BCUT2D eigenvalue weighted by molar-refractivity contribution is -0.142. The topological polar surface area (TPSA) is 83.3 Å². The Hall–Kier alpha value is -2.67. The average Bonchev–Trinajstić information content (AvgIpc) is 3.45. The van der Waals surface area contributed by atoms with Crippen LogP contribution in [0, 0.1) is 26.7 Å². The Morgan fingerprint density at radius 3 is 2.53 bits per heavy atom. The van der Waals surface area contributed by atoms with Crippen LogP contribution in [0.1, 0.15) is 78.5 Å². The number of aliphatic carboxylic acids is 1. The van der Waals surface area contributed by atoms with Crippen molar-refractivity contribution in [1.82, 2.24) is 19.6 Å². The quantitative estimate of drug-likeness (QED) is 0.380. The normalized spacial score (nSPS) is 19.4. The van der Waals surface area contributed by atoms with E-state index in [-0.39, 0.29) is 5.92 Å². The van der Waals surface area contributed by atoms with Gasteiger partial charge in [-0.3, -0.25) is 4.79 Å². The second-order valence-corrected chi connectivity index (χ2v) is 10.6. The van der Waals surface area contributed by atoms with E-state index in [1.165, 1.54) is 43.0 Å². The van der Waals surface area contributed by atoms with Gasteiger partial charge in [-0.1, -0.05) is 13.8 Å². The fourth-order valence-corrected chi connectivity index (χ4v) is 6.88. The summed E-state index contributed by atoms with van der Waals surface area (Å²) in [5.41, 5.74) is 8.37. The molecule has 0 unspecified atom stereocenters. The Morgan fingerprint density at radius 1 is 1.16 bits per heavy atom. The summed E-state index contributed by atoms with van der Waals surface area (Å²) in [6.07, 6.45) is 7.19. The van der Waals surface area contributed by atoms with Crippen LogP contribution in [0.3, 0.4) is 0 Å². The summed E-state index contributed by atoms with van der Waals surface area (Å²) in [5.74, 6) is 0.0245. The highest BCUT2D eigenvalue weighted by atomic mass is 32.1. The van der Waals surface area contributed by atoms with Crippen LogP contribution in [-0.2, 0) is 4.79 Å². The number of aromatic nitrogens is 4. The molecule has 0 saturated heterocycles. The third-order valence-electron chi connectivity index (χ3n) is 7.38. The van der Waals surface area contributed by atoms with E-state index in [4.69, 9.17) is 0 Å². The van der Waals surface area contributed by atoms with Crippen molar-refractivity contribution in [2.45, 2.75) is 72.1 Å². The van der Waals surface area contributed by atoms with Crippen LogP contribution in [0.4, 0.5) is 0 Å². The van der Waals surface area contributed by atoms with Crippen LogP contribution in [0.2, 0.25) is 0 Å². The Bertz CT molecular complexity index is 1340. The van der Waals surface area contributed by atoms with Gasteiger partial charge in [-0.2, -0.15) is 5.10 Å². The van der Waals surface area contributed by atoms with Crippen molar-refractivity contribution in [2.75, 3.05) is 0 Å². The standard InChI is InChI=1S/C25H30N4O2S/c1-12(2)19-20-15(5)22(16-6-8-17(9-7-16)25(30)31)32-24(20)28-21(19)18-10-29-23(26-11-27-29)14(4)13(18)3/h10-12,16-17,28H,6-9H2,1-5H3,(H,30,31). The van der Waals surface area contributed by atoms with Crippen molar-refractivity contribution < 1.29 is 9.90 Å². The number of hydrogen-bond donors (Lipinski definition) is 2. The Morgan fingerprint density at radius 2 is 1.88 bits per heavy atom. The van der Waals surface area contributed by atoms with Crippen molar-refractivity contribution in [1.29, 1.82) is 0 Å². The molecule has 0 atom stereocenters. The molecule has 168 valence electrons. The van der Waals surface area contributed by atoms with Crippen LogP contribution >= 0.6 is 11.3 Å². The molecule has 4 aromatic rings. The van der Waals surface area contributed by atoms with Gasteiger partial charge < -0.3 is 10.1 Å². The molecule has 0 amide bonds. The van der Waals surface area contributed by atoms with E-state index >= 15 is 0 Å². The van der Waals surface area contributed by atoms with Crippen LogP contribution in [0.5, 0.6) is 0 Å². The molecule has 1 aliphatic rings. The maximum atomic E-state index is 11.4. The molecule has 1 fully saturated rings. The van der Waals surface area contributed by atoms with Gasteiger partial charge in [0.2, 0.25) is 0 Å². The number of hydrogen-bond acceptors (Lipinski definition) is 4. The highest BCUT2D eigenvalue weighted by molar-refractivity contribution is 7.19. The van der Waals surface area contributed by atoms with Gasteiger partial charge in [0, 0.05) is 22.0 Å². The number of aryl methyl sites for hydroxylation is 2. The third kappa shape index (κ3) is 3.17. The molecule has 2 N–H and O–H groups in total. The lowest BCUT2D eigenvalue weighted by Crippen LogP contribution is -2.20. The fraction of sp³-hybridized carbons (Fsp3) is 0.480. The molecule has 0 spiro atoms. The van der Waals surface area contributed by atoms with Gasteiger partial charge in [0.05, 0.1) is 11.6 Å². The number of H-pyrrole nitrogens is 1. The van der Waals surface area contributed by atoms with E-state index in [0.29, 0.717) is 11.8 Å². The minimum Gasteiger partial charge on any atom is -0.481 e. The summed E-state index contributed by atoms with van der Waals surface area (Å²) >= 11 is 1.86. The van der Waals surface area contributed by atoms with E-state index in [1.807, 2.05) is 15.9 Å². The van der Waals surface area contributed by atoms with Gasteiger partial charge >= 0.3 is 5.97 Å². The van der Waals surface area contributed by atoms with Crippen molar-refractivity contribution >= 4 is 33.2 Å². The van der Waals surface area contributed by atoms with Gasteiger partial charge in [-0.05, 0) is 80.5 Å². The Labute approximate surface area is 191 Å². The number of nitrogens with zero attached hydrogens (tertiary/aromatic N) is 3. The molecular formula is C25H30N4O2S. The Kier molecular flexibility index (Phi) is 5.12. The number of rotatable bonds is 4. The highest BCUT2D eigenvalue weighted by Crippen LogP contribution is 2.47. The van der Waals surface area contributed by atoms with Gasteiger partial charge in [-0.25, -0.2) is 9.50 Å². The number of fused-ring (bicyclic) bond motifs is 2. The predicted molar refractivity (Wildman–Crippen MR) is 129 cm³/mol. The molecule has 4 aromatic heterocycles. The van der Waals surface area contributed by atoms with E-state index in [9.17, 15) is 9.90 Å². The number of aromatic amines is 1. The van der Waals surface area contributed by atoms with Gasteiger partial charge in [0.25, 0.3) is 0 Å². The van der Waals surface area contributed by atoms with Crippen molar-refractivity contribution in [3.8, 4) is 11.3 Å². The van der Waals surface area contributed by atoms with Gasteiger partial charge in [0.15, 0.2) is 5.65 Å². The molecule has 0 radical (unpaired) electrons. The number of carbonyl (C=O) groups is 1. The zero-order chi connectivity index (χ0) is 22.7. The molecule has 32 heavy (non-hydrogen) atoms. The first-order chi connectivity index (χ1) is 15.3. The Balaban J connectivity index is 1.62. The smallest absolute Gasteiger partial charge is 0.306 e. The molecule has 0 bridgehead atoms. The number of carboxylic acids is 1. The molecule has 0 aliphatic heterocycles. The van der Waals surface area contributed by atoms with E-state index in [2.05, 4.69) is 55.9 Å². The second kappa shape index (κ2) is 7.73. The zero-order valence-corrected chi connectivity index (χ0v) is 20.1. The third-order valence-corrected chi connectivity index (χ3v) is 8.75. The van der Waals surface area contributed by atoms with E-state index < -0.39 is 5.97 Å². The molecule has 0 aromatic carbocycles. The molecule has 5 rings (SSSR count). The number of nitrogens with one attached hydrogen (secondary N) is 1.